The third-order valence-electron chi connectivity index (χ3n) is 7.04. The van der Waals surface area contributed by atoms with E-state index in [0.717, 1.165) is 43.1 Å². The summed E-state index contributed by atoms with van der Waals surface area (Å²) in [6.45, 7) is 4.40. The topological polar surface area (TPSA) is 86.8 Å². The van der Waals surface area contributed by atoms with Gasteiger partial charge in [0, 0.05) is 30.6 Å². The van der Waals surface area contributed by atoms with E-state index in [-0.39, 0.29) is 30.8 Å². The summed E-state index contributed by atoms with van der Waals surface area (Å²) in [5.41, 5.74) is 2.54. The summed E-state index contributed by atoms with van der Waals surface area (Å²) in [4.78, 5) is 28.6. The van der Waals surface area contributed by atoms with Gasteiger partial charge in [0.25, 0.3) is 0 Å². The average molecular weight is 562 g/mol. The Balaban J connectivity index is 1.75. The second kappa shape index (κ2) is 14.0. The number of halogens is 1. The Kier molecular flexibility index (Phi) is 11.0. The maximum atomic E-state index is 13.6. The van der Waals surface area contributed by atoms with E-state index >= 15 is 0 Å². The normalized spacial score (nSPS) is 15.1. The van der Waals surface area contributed by atoms with Gasteiger partial charge in [-0.25, -0.2) is 8.42 Å². The van der Waals surface area contributed by atoms with Gasteiger partial charge >= 0.3 is 0 Å². The molecule has 1 N–H and O–H groups in total. The summed E-state index contributed by atoms with van der Waals surface area (Å²) in [7, 11) is -3.55. The molecule has 1 fully saturated rings. The molecule has 1 aliphatic rings. The minimum atomic E-state index is -3.55. The first-order valence-corrected chi connectivity index (χ1v) is 15.7. The molecular formula is C29H40ClN3O4S. The highest BCUT2D eigenvalue weighted by Gasteiger charge is 2.30. The van der Waals surface area contributed by atoms with E-state index < -0.39 is 16.1 Å². The number of aryl methyl sites for hydroxylation is 1. The van der Waals surface area contributed by atoms with E-state index in [2.05, 4.69) is 5.32 Å². The van der Waals surface area contributed by atoms with Crippen LogP contribution in [0.4, 0.5) is 5.69 Å². The Hall–Kier alpha value is -2.58. The van der Waals surface area contributed by atoms with Crippen molar-refractivity contribution < 1.29 is 18.0 Å². The lowest BCUT2D eigenvalue weighted by Crippen LogP contribution is -2.51. The maximum absolute atomic E-state index is 13.6. The molecule has 0 saturated heterocycles. The van der Waals surface area contributed by atoms with Gasteiger partial charge in [-0.1, -0.05) is 67.6 Å². The fourth-order valence-electron chi connectivity index (χ4n) is 5.08. The van der Waals surface area contributed by atoms with E-state index in [4.69, 9.17) is 11.6 Å². The highest BCUT2D eigenvalue weighted by atomic mass is 35.5. The van der Waals surface area contributed by atoms with Crippen molar-refractivity contribution in [3.05, 3.63) is 64.7 Å². The van der Waals surface area contributed by atoms with Crippen LogP contribution in [0.5, 0.6) is 0 Å². The molecule has 0 spiro atoms. The number of rotatable bonds is 12. The highest BCUT2D eigenvalue weighted by molar-refractivity contribution is 7.92. The maximum Gasteiger partial charge on any atom is 0.243 e. The molecule has 0 unspecified atom stereocenters. The molecule has 1 aliphatic carbocycles. The predicted molar refractivity (Wildman–Crippen MR) is 154 cm³/mol. The molecule has 1 atom stereocenters. The quantitative estimate of drug-likeness (QED) is 0.373. The van der Waals surface area contributed by atoms with Crippen LogP contribution < -0.4 is 9.62 Å². The first-order chi connectivity index (χ1) is 18.1. The summed E-state index contributed by atoms with van der Waals surface area (Å²) >= 11 is 5.97. The van der Waals surface area contributed by atoms with Crippen molar-refractivity contribution in [2.75, 3.05) is 17.1 Å². The molecule has 2 aromatic carbocycles. The smallest absolute Gasteiger partial charge is 0.243 e. The van der Waals surface area contributed by atoms with Gasteiger partial charge in [0.15, 0.2) is 0 Å². The SMILES string of the molecule is CC[C@H](C(=O)NC1CCCCC1)N(Cc1cccc(C)c1)C(=O)CCCN(c1ccc(Cl)cc1)S(C)(=O)=O. The standard InChI is InChI=1S/C29H40ClN3O4S/c1-4-27(29(35)31-25-12-6-5-7-13-25)32(21-23-11-8-10-22(2)20-23)28(34)14-9-19-33(38(3,36)37)26-17-15-24(30)16-18-26/h8,10-11,15-18,20,25,27H,4-7,9,12-14,19,21H2,1-3H3,(H,31,35)/t27-/m1/s1. The number of nitrogens with zero attached hydrogens (tertiary/aromatic N) is 2. The van der Waals surface area contributed by atoms with Crippen LogP contribution in [0.25, 0.3) is 0 Å². The van der Waals surface area contributed by atoms with Crippen LogP contribution in [0, 0.1) is 6.92 Å². The number of anilines is 1. The number of hydrogen-bond donors (Lipinski definition) is 1. The Morgan fingerprint density at radius 3 is 2.37 bits per heavy atom. The van der Waals surface area contributed by atoms with Gasteiger partial charge in [-0.2, -0.15) is 0 Å². The van der Waals surface area contributed by atoms with Crippen LogP contribution in [-0.2, 0) is 26.2 Å². The van der Waals surface area contributed by atoms with Crippen LogP contribution in [0.2, 0.25) is 5.02 Å². The molecule has 208 valence electrons. The number of benzene rings is 2. The van der Waals surface area contributed by atoms with Gasteiger partial charge < -0.3 is 10.2 Å². The minimum absolute atomic E-state index is 0.112. The van der Waals surface area contributed by atoms with Crippen LogP contribution in [0.1, 0.15) is 69.4 Å². The Labute approximate surface area is 232 Å². The Bertz CT molecular complexity index is 1180. The van der Waals surface area contributed by atoms with E-state index in [9.17, 15) is 18.0 Å². The van der Waals surface area contributed by atoms with Crippen LogP contribution in [0.15, 0.2) is 48.5 Å². The van der Waals surface area contributed by atoms with Gasteiger partial charge in [-0.15, -0.1) is 0 Å². The summed E-state index contributed by atoms with van der Waals surface area (Å²) < 4.78 is 26.2. The largest absolute Gasteiger partial charge is 0.352 e. The Morgan fingerprint density at radius 2 is 1.76 bits per heavy atom. The summed E-state index contributed by atoms with van der Waals surface area (Å²) in [6.07, 6.45) is 7.45. The van der Waals surface area contributed by atoms with Crippen molar-refractivity contribution in [1.29, 1.82) is 0 Å². The second-order valence-electron chi connectivity index (χ2n) is 10.2. The average Bonchev–Trinajstić information content (AvgIpc) is 2.87. The number of carbonyl (C=O) groups is 2. The van der Waals surface area contributed by atoms with E-state index in [1.165, 1.54) is 10.7 Å². The van der Waals surface area contributed by atoms with Crippen LogP contribution >= 0.6 is 11.6 Å². The highest BCUT2D eigenvalue weighted by Crippen LogP contribution is 2.22. The third kappa shape index (κ3) is 8.73. The van der Waals surface area contributed by atoms with Gasteiger partial charge in [0.2, 0.25) is 21.8 Å². The number of nitrogens with one attached hydrogen (secondary N) is 1. The molecule has 0 radical (unpaired) electrons. The number of hydrogen-bond acceptors (Lipinski definition) is 4. The van der Waals surface area contributed by atoms with Crippen molar-refractivity contribution in [1.82, 2.24) is 10.2 Å². The fraction of sp³-hybridized carbons (Fsp3) is 0.517. The first kappa shape index (κ1) is 30.0. The van der Waals surface area contributed by atoms with Crippen molar-refractivity contribution in [2.24, 2.45) is 0 Å². The molecule has 0 aliphatic heterocycles. The van der Waals surface area contributed by atoms with Gasteiger partial charge in [-0.3, -0.25) is 13.9 Å². The third-order valence-corrected chi connectivity index (χ3v) is 8.49. The van der Waals surface area contributed by atoms with Crippen molar-refractivity contribution in [3.8, 4) is 0 Å². The zero-order valence-corrected chi connectivity index (χ0v) is 24.2. The fourth-order valence-corrected chi connectivity index (χ4v) is 6.17. The zero-order valence-electron chi connectivity index (χ0n) is 22.7. The van der Waals surface area contributed by atoms with Crippen LogP contribution in [-0.4, -0.2) is 50.0 Å². The molecule has 0 bridgehead atoms. The molecule has 7 nitrogen and oxygen atoms in total. The number of sulfonamides is 1. The van der Waals surface area contributed by atoms with E-state index in [1.54, 1.807) is 29.2 Å². The number of amides is 2. The number of carbonyl (C=O) groups excluding carboxylic acids is 2. The van der Waals surface area contributed by atoms with Gasteiger partial charge in [0.1, 0.15) is 6.04 Å². The van der Waals surface area contributed by atoms with Crippen molar-refractivity contribution in [3.63, 3.8) is 0 Å². The molecule has 2 amide bonds. The molecule has 0 heterocycles. The van der Waals surface area contributed by atoms with Crippen molar-refractivity contribution >= 4 is 39.1 Å². The molecular weight excluding hydrogens is 522 g/mol. The Morgan fingerprint density at radius 1 is 1.08 bits per heavy atom. The summed E-state index contributed by atoms with van der Waals surface area (Å²) in [5.74, 6) is -0.277. The van der Waals surface area contributed by atoms with Gasteiger partial charge in [0.05, 0.1) is 11.9 Å². The van der Waals surface area contributed by atoms with Crippen LogP contribution in [0.3, 0.4) is 0 Å². The minimum Gasteiger partial charge on any atom is -0.352 e. The summed E-state index contributed by atoms with van der Waals surface area (Å²) in [6, 6.07) is 14.1. The molecule has 0 aromatic heterocycles. The molecule has 9 heteroatoms. The lowest BCUT2D eigenvalue weighted by Gasteiger charge is -2.33. The molecule has 1 saturated carbocycles. The van der Waals surface area contributed by atoms with E-state index in [0.29, 0.717) is 30.1 Å². The zero-order chi connectivity index (χ0) is 27.7. The van der Waals surface area contributed by atoms with Crippen molar-refractivity contribution in [2.45, 2.75) is 83.8 Å². The van der Waals surface area contributed by atoms with E-state index in [1.807, 2.05) is 38.1 Å². The predicted octanol–water partition coefficient (Wildman–Crippen LogP) is 5.45. The molecule has 3 rings (SSSR count). The molecule has 2 aromatic rings. The lowest BCUT2D eigenvalue weighted by atomic mass is 9.95. The lowest BCUT2D eigenvalue weighted by molar-refractivity contribution is -0.141. The van der Waals surface area contributed by atoms with Gasteiger partial charge in [-0.05, 0) is 62.4 Å². The monoisotopic (exact) mass is 561 g/mol. The summed E-state index contributed by atoms with van der Waals surface area (Å²) in [5, 5.41) is 3.71. The second-order valence-corrected chi connectivity index (χ2v) is 12.5. The molecule has 38 heavy (non-hydrogen) atoms. The first-order valence-electron chi connectivity index (χ1n) is 13.5.